The summed E-state index contributed by atoms with van der Waals surface area (Å²) in [6, 6.07) is 0. The molecule has 0 saturated heterocycles. The van der Waals surface area contributed by atoms with Crippen molar-refractivity contribution in [3.63, 3.8) is 0 Å². The first-order chi connectivity index (χ1) is 19.5. The van der Waals surface area contributed by atoms with Crippen molar-refractivity contribution in [2.75, 3.05) is 0 Å². The average molecular weight is 785 g/mol. The van der Waals surface area contributed by atoms with Crippen molar-refractivity contribution in [3.05, 3.63) is 0 Å². The van der Waals surface area contributed by atoms with E-state index in [2.05, 4.69) is 13.8 Å². The van der Waals surface area contributed by atoms with Gasteiger partial charge in [0.2, 0.25) is 0 Å². The summed E-state index contributed by atoms with van der Waals surface area (Å²) >= 11 is 0. The van der Waals surface area contributed by atoms with Gasteiger partial charge in [-0.05, 0) is 25.7 Å². The van der Waals surface area contributed by atoms with E-state index < -0.39 is 32.7 Å². The van der Waals surface area contributed by atoms with Crippen LogP contribution in [0.1, 0.15) is 168 Å². The van der Waals surface area contributed by atoms with Gasteiger partial charge in [-0.15, -0.1) is 0 Å². The molecule has 0 spiro atoms. The van der Waals surface area contributed by atoms with Gasteiger partial charge in [0, 0.05) is 32.7 Å². The maximum Gasteiger partial charge on any atom is 1.00 e. The first-order valence-corrected chi connectivity index (χ1v) is 17.9. The summed E-state index contributed by atoms with van der Waals surface area (Å²) in [7, 11) is -10.3. The molecule has 0 atom stereocenters. The number of aliphatic carboxylic acids is 2. The van der Waals surface area contributed by atoms with E-state index in [1.54, 1.807) is 0 Å². The Balaban J connectivity index is -0.0000000534. The number of carbonyl (C=O) groups is 2. The van der Waals surface area contributed by atoms with E-state index in [1.165, 1.54) is 116 Å². The van der Waals surface area contributed by atoms with Gasteiger partial charge in [-0.25, -0.2) is 0 Å². The number of carboxylic acids is 2. The molecule has 0 aliphatic heterocycles. The molecule has 0 heterocycles. The second-order valence-electron chi connectivity index (χ2n) is 10.1. The molecule has 0 saturated carbocycles. The van der Waals surface area contributed by atoms with Gasteiger partial charge in [0.25, 0.3) is 0 Å². The predicted octanol–water partition coefficient (Wildman–Crippen LogP) is -13.8. The van der Waals surface area contributed by atoms with Gasteiger partial charge in [0.05, 0.1) is 0 Å². The van der Waals surface area contributed by atoms with Crippen LogP contribution in [0.5, 0.6) is 0 Å². The van der Waals surface area contributed by atoms with E-state index in [9.17, 15) is 19.8 Å². The molecule has 0 unspecified atom stereocenters. The molecule has 0 rings (SSSR count). The maximum absolute atomic E-state index is 10.1. The van der Waals surface area contributed by atoms with Crippen LogP contribution in [0.4, 0.5) is 0 Å². The van der Waals surface area contributed by atoms with Crippen LogP contribution in [-0.2, 0) is 30.4 Å². The SMILES string of the molecule is CCCCCCCCCCCCCC(=O)[O-].CCCCCCCCCCCCCC(=O)[O-].O=S(=O)([O-])[O-].O=S(=O)([O-])[O-].[Na+].[Na+].[Na+].[Na+].[Na+].[Na+]. The summed E-state index contributed by atoms with van der Waals surface area (Å²) in [6.07, 6.45) is 28.1. The Kier molecular flexibility index (Phi) is 98.0. The Morgan fingerprint density at radius 1 is 0.354 bits per heavy atom. The van der Waals surface area contributed by atoms with Gasteiger partial charge in [-0.1, -0.05) is 142 Å². The minimum Gasteiger partial charge on any atom is -0.759 e. The molecule has 0 fully saturated rings. The molecular formula is C28H54Na6O12S2. The number of carbonyl (C=O) groups excluding carboxylic acids is 2. The summed E-state index contributed by atoms with van der Waals surface area (Å²) in [5, 5.41) is 20.3. The molecule has 256 valence electrons. The van der Waals surface area contributed by atoms with Crippen LogP contribution < -0.4 is 188 Å². The first-order valence-electron chi connectivity index (χ1n) is 15.3. The van der Waals surface area contributed by atoms with Gasteiger partial charge in [-0.2, -0.15) is 0 Å². The van der Waals surface area contributed by atoms with Crippen molar-refractivity contribution < 1.29 is 232 Å². The monoisotopic (exact) mass is 784 g/mol. The Morgan fingerprint density at radius 2 is 0.479 bits per heavy atom. The van der Waals surface area contributed by atoms with Crippen molar-refractivity contribution in [2.24, 2.45) is 0 Å². The maximum atomic E-state index is 10.1. The van der Waals surface area contributed by atoms with Gasteiger partial charge < -0.3 is 38.0 Å². The zero-order valence-corrected chi connectivity index (χ0v) is 45.3. The normalized spacial score (nSPS) is 9.46. The van der Waals surface area contributed by atoms with Crippen LogP contribution in [-0.4, -0.2) is 47.0 Å². The van der Waals surface area contributed by atoms with E-state index in [4.69, 9.17) is 35.0 Å². The zero-order valence-electron chi connectivity index (χ0n) is 31.7. The fourth-order valence-electron chi connectivity index (χ4n) is 3.87. The molecule has 0 aliphatic rings. The third-order valence-corrected chi connectivity index (χ3v) is 5.97. The topological polar surface area (TPSA) is 241 Å². The van der Waals surface area contributed by atoms with Crippen molar-refractivity contribution in [1.29, 1.82) is 0 Å². The quantitative estimate of drug-likeness (QED) is 0.0384. The molecule has 0 bridgehead atoms. The number of hydrogen-bond acceptors (Lipinski definition) is 12. The van der Waals surface area contributed by atoms with Crippen LogP contribution in [0.25, 0.3) is 0 Å². The Morgan fingerprint density at radius 3 is 0.604 bits per heavy atom. The first kappa shape index (κ1) is 77.2. The predicted molar refractivity (Wildman–Crippen MR) is 153 cm³/mol. The summed E-state index contributed by atoms with van der Waals surface area (Å²) in [4.78, 5) is 20.3. The van der Waals surface area contributed by atoms with Gasteiger partial charge in [-0.3, -0.25) is 16.8 Å². The summed E-state index contributed by atoms with van der Waals surface area (Å²) in [5.41, 5.74) is 0. The Hall–Kier alpha value is 4.68. The standard InChI is InChI=1S/2C14H28O2.6Na.2H2O4S/c2*1-2-3-4-5-6-7-8-9-10-11-12-13-14(15)16;;;;;;;2*1-5(2,3)4/h2*2-13H2,1H3,(H,15,16);;;;;;;2*(H2,1,2,3,4)/q;;6*+1;;/p-6. The fourth-order valence-corrected chi connectivity index (χ4v) is 3.87. The van der Waals surface area contributed by atoms with Crippen LogP contribution in [0.3, 0.4) is 0 Å². The van der Waals surface area contributed by atoms with E-state index in [-0.39, 0.29) is 190 Å². The minimum absolute atomic E-state index is 0. The Labute approximate surface area is 425 Å². The van der Waals surface area contributed by atoms with E-state index in [0.717, 1.165) is 25.7 Å². The average Bonchev–Trinajstić information content (AvgIpc) is 2.84. The molecule has 0 aromatic carbocycles. The van der Waals surface area contributed by atoms with Gasteiger partial charge >= 0.3 is 177 Å². The molecule has 0 N–H and O–H groups in total. The van der Waals surface area contributed by atoms with E-state index in [0.29, 0.717) is 0 Å². The van der Waals surface area contributed by atoms with Crippen molar-refractivity contribution in [3.8, 4) is 0 Å². The molecule has 0 aromatic heterocycles. The summed E-state index contributed by atoms with van der Waals surface area (Å²) in [5.74, 6) is -1.81. The summed E-state index contributed by atoms with van der Waals surface area (Å²) in [6.45, 7) is 4.49. The number of unbranched alkanes of at least 4 members (excludes halogenated alkanes) is 20. The smallest absolute Gasteiger partial charge is 0.759 e. The molecule has 20 heteroatoms. The van der Waals surface area contributed by atoms with Crippen LogP contribution in [0, 0.1) is 0 Å². The second kappa shape index (κ2) is 60.9. The molecule has 0 radical (unpaired) electrons. The minimum atomic E-state index is -5.17. The van der Waals surface area contributed by atoms with Crippen molar-refractivity contribution >= 4 is 32.7 Å². The van der Waals surface area contributed by atoms with Gasteiger partial charge in [0.1, 0.15) is 0 Å². The van der Waals surface area contributed by atoms with Crippen molar-refractivity contribution in [2.45, 2.75) is 168 Å². The molecule has 0 aromatic rings. The van der Waals surface area contributed by atoms with E-state index in [1.807, 2.05) is 0 Å². The number of rotatable bonds is 24. The number of carboxylic acid groups (broad SMARTS) is 2. The fraction of sp³-hybridized carbons (Fsp3) is 0.929. The third kappa shape index (κ3) is 133. The van der Waals surface area contributed by atoms with Crippen molar-refractivity contribution in [1.82, 2.24) is 0 Å². The second-order valence-corrected chi connectivity index (χ2v) is 11.8. The van der Waals surface area contributed by atoms with Crippen LogP contribution >= 0.6 is 0 Å². The molecule has 0 amide bonds. The molecule has 12 nitrogen and oxygen atoms in total. The third-order valence-electron chi connectivity index (χ3n) is 5.97. The summed E-state index contributed by atoms with van der Waals surface area (Å²) < 4.78 is 68.2. The molecule has 48 heavy (non-hydrogen) atoms. The largest absolute Gasteiger partial charge is 1.00 e. The van der Waals surface area contributed by atoms with Gasteiger partial charge in [0.15, 0.2) is 0 Å². The van der Waals surface area contributed by atoms with Crippen LogP contribution in [0.2, 0.25) is 0 Å². The molecular weight excluding hydrogens is 730 g/mol. The Bertz CT molecular complexity index is 729. The van der Waals surface area contributed by atoms with Crippen LogP contribution in [0.15, 0.2) is 0 Å². The molecule has 0 aliphatic carbocycles. The number of hydrogen-bond donors (Lipinski definition) is 0. The van der Waals surface area contributed by atoms with E-state index >= 15 is 0 Å². The zero-order chi connectivity index (χ0) is 33.1.